The summed E-state index contributed by atoms with van der Waals surface area (Å²) < 4.78 is 4.96. The predicted octanol–water partition coefficient (Wildman–Crippen LogP) is 2.34. The Balaban J connectivity index is 2.15. The molecule has 5 heteroatoms. The molecule has 112 valence electrons. The quantitative estimate of drug-likeness (QED) is 0.767. The normalized spacial score (nSPS) is 12.2. The molecule has 0 spiro atoms. The van der Waals surface area contributed by atoms with Crippen molar-refractivity contribution in [3.05, 3.63) is 24.2 Å². The Bertz CT molecular complexity index is 413. The minimum Gasteiger partial charge on any atom is -0.459 e. The fourth-order valence-corrected chi connectivity index (χ4v) is 1.79. The van der Waals surface area contributed by atoms with Crippen LogP contribution in [-0.4, -0.2) is 24.4 Å². The van der Waals surface area contributed by atoms with Crippen molar-refractivity contribution in [2.24, 2.45) is 5.92 Å². The van der Waals surface area contributed by atoms with Crippen molar-refractivity contribution in [2.75, 3.05) is 6.54 Å². The van der Waals surface area contributed by atoms with E-state index >= 15 is 0 Å². The van der Waals surface area contributed by atoms with Gasteiger partial charge in [0, 0.05) is 19.0 Å². The second-order valence-electron chi connectivity index (χ2n) is 5.42. The molecule has 1 atom stereocenters. The van der Waals surface area contributed by atoms with Crippen molar-refractivity contribution in [2.45, 2.75) is 46.1 Å². The zero-order valence-corrected chi connectivity index (χ0v) is 12.4. The molecular formula is C15H24N2O3. The van der Waals surface area contributed by atoms with Crippen LogP contribution in [-0.2, 0) is 4.79 Å². The van der Waals surface area contributed by atoms with Crippen molar-refractivity contribution in [1.29, 1.82) is 0 Å². The van der Waals surface area contributed by atoms with Crippen LogP contribution in [0.15, 0.2) is 22.8 Å². The first-order chi connectivity index (χ1) is 9.49. The summed E-state index contributed by atoms with van der Waals surface area (Å²) in [6.45, 7) is 6.64. The maximum absolute atomic E-state index is 11.7. The largest absolute Gasteiger partial charge is 0.459 e. The highest BCUT2D eigenvalue weighted by Gasteiger charge is 2.10. The Morgan fingerprint density at radius 3 is 2.60 bits per heavy atom. The second-order valence-corrected chi connectivity index (χ2v) is 5.42. The number of rotatable bonds is 8. The van der Waals surface area contributed by atoms with Crippen LogP contribution in [0.2, 0.25) is 0 Å². The van der Waals surface area contributed by atoms with Crippen LogP contribution in [0.4, 0.5) is 0 Å². The van der Waals surface area contributed by atoms with Gasteiger partial charge in [-0.3, -0.25) is 9.59 Å². The molecule has 2 amide bonds. The van der Waals surface area contributed by atoms with E-state index in [9.17, 15) is 9.59 Å². The van der Waals surface area contributed by atoms with E-state index in [1.165, 1.54) is 6.26 Å². The molecule has 0 bridgehead atoms. The van der Waals surface area contributed by atoms with Gasteiger partial charge in [-0.15, -0.1) is 0 Å². The molecule has 0 aliphatic carbocycles. The standard InChI is InChI=1S/C15H24N2O3/c1-11(2)6-7-12(3)17-14(18)8-9-16-15(19)13-5-4-10-20-13/h4-5,10-12H,6-9H2,1-3H3,(H,16,19)(H,17,18). The fourth-order valence-electron chi connectivity index (χ4n) is 1.79. The predicted molar refractivity (Wildman–Crippen MR) is 77.3 cm³/mol. The van der Waals surface area contributed by atoms with Crippen LogP contribution in [0.1, 0.15) is 50.6 Å². The summed E-state index contributed by atoms with van der Waals surface area (Å²) in [6.07, 6.45) is 3.79. The Morgan fingerprint density at radius 2 is 2.00 bits per heavy atom. The summed E-state index contributed by atoms with van der Waals surface area (Å²) in [6, 6.07) is 3.41. The average Bonchev–Trinajstić information content (AvgIpc) is 2.90. The highest BCUT2D eigenvalue weighted by molar-refractivity contribution is 5.91. The summed E-state index contributed by atoms with van der Waals surface area (Å²) in [5.41, 5.74) is 0. The molecule has 0 aromatic carbocycles. The number of nitrogens with one attached hydrogen (secondary N) is 2. The second kappa shape index (κ2) is 8.40. The number of hydrogen-bond acceptors (Lipinski definition) is 3. The van der Waals surface area contributed by atoms with Gasteiger partial charge in [-0.25, -0.2) is 0 Å². The maximum atomic E-state index is 11.7. The summed E-state index contributed by atoms with van der Waals surface area (Å²) in [5.74, 6) is 0.564. The van der Waals surface area contributed by atoms with Crippen molar-refractivity contribution < 1.29 is 14.0 Å². The molecule has 0 aliphatic rings. The third kappa shape index (κ3) is 6.41. The first kappa shape index (κ1) is 16.3. The van der Waals surface area contributed by atoms with E-state index in [0.29, 0.717) is 12.5 Å². The Labute approximate surface area is 120 Å². The van der Waals surface area contributed by atoms with Crippen LogP contribution >= 0.6 is 0 Å². The Morgan fingerprint density at radius 1 is 1.25 bits per heavy atom. The monoisotopic (exact) mass is 280 g/mol. The van der Waals surface area contributed by atoms with Gasteiger partial charge in [0.1, 0.15) is 0 Å². The highest BCUT2D eigenvalue weighted by Crippen LogP contribution is 2.06. The molecule has 1 unspecified atom stereocenters. The topological polar surface area (TPSA) is 71.3 Å². The van der Waals surface area contributed by atoms with Gasteiger partial charge in [0.05, 0.1) is 6.26 Å². The number of hydrogen-bond donors (Lipinski definition) is 2. The molecule has 1 heterocycles. The van der Waals surface area contributed by atoms with Gasteiger partial charge < -0.3 is 15.1 Å². The summed E-state index contributed by atoms with van der Waals surface area (Å²) in [5, 5.41) is 5.58. The van der Waals surface area contributed by atoms with Crippen LogP contribution in [0.5, 0.6) is 0 Å². The molecule has 1 rings (SSSR count). The molecule has 20 heavy (non-hydrogen) atoms. The van der Waals surface area contributed by atoms with Crippen LogP contribution in [0, 0.1) is 5.92 Å². The maximum Gasteiger partial charge on any atom is 0.286 e. The third-order valence-corrected chi connectivity index (χ3v) is 2.97. The molecule has 0 saturated heterocycles. The van der Waals surface area contributed by atoms with Gasteiger partial charge in [0.2, 0.25) is 5.91 Å². The van der Waals surface area contributed by atoms with E-state index in [2.05, 4.69) is 24.5 Å². The molecular weight excluding hydrogens is 256 g/mol. The summed E-state index contributed by atoms with van der Waals surface area (Å²) >= 11 is 0. The van der Waals surface area contributed by atoms with Crippen LogP contribution in [0.3, 0.4) is 0 Å². The van der Waals surface area contributed by atoms with Gasteiger partial charge in [-0.2, -0.15) is 0 Å². The number of carbonyl (C=O) groups is 2. The van der Waals surface area contributed by atoms with E-state index in [-0.39, 0.29) is 30.0 Å². The van der Waals surface area contributed by atoms with Gasteiger partial charge in [0.15, 0.2) is 5.76 Å². The lowest BCUT2D eigenvalue weighted by atomic mass is 10.0. The van der Waals surface area contributed by atoms with Gasteiger partial charge >= 0.3 is 0 Å². The lowest BCUT2D eigenvalue weighted by Gasteiger charge is -2.15. The molecule has 0 aliphatic heterocycles. The average molecular weight is 280 g/mol. The molecule has 0 fully saturated rings. The first-order valence-corrected chi connectivity index (χ1v) is 7.10. The highest BCUT2D eigenvalue weighted by atomic mass is 16.3. The summed E-state index contributed by atoms with van der Waals surface area (Å²) in [7, 11) is 0. The summed E-state index contributed by atoms with van der Waals surface area (Å²) in [4.78, 5) is 23.2. The lowest BCUT2D eigenvalue weighted by molar-refractivity contribution is -0.121. The van der Waals surface area contributed by atoms with Gasteiger partial charge in [-0.1, -0.05) is 13.8 Å². The number of amides is 2. The lowest BCUT2D eigenvalue weighted by Crippen LogP contribution is -2.35. The van der Waals surface area contributed by atoms with Crippen molar-refractivity contribution in [3.8, 4) is 0 Å². The molecule has 5 nitrogen and oxygen atoms in total. The molecule has 1 aromatic rings. The third-order valence-electron chi connectivity index (χ3n) is 2.97. The minimum atomic E-state index is -0.296. The Hall–Kier alpha value is -1.78. The van der Waals surface area contributed by atoms with Gasteiger partial charge in [-0.05, 0) is 37.8 Å². The molecule has 0 radical (unpaired) electrons. The Kier molecular flexibility index (Phi) is 6.84. The zero-order chi connectivity index (χ0) is 15.0. The number of carbonyl (C=O) groups excluding carboxylic acids is 2. The van der Waals surface area contributed by atoms with Crippen LogP contribution in [0.25, 0.3) is 0 Å². The number of furan rings is 1. The van der Waals surface area contributed by atoms with Crippen molar-refractivity contribution >= 4 is 11.8 Å². The smallest absolute Gasteiger partial charge is 0.286 e. The van der Waals surface area contributed by atoms with Crippen molar-refractivity contribution in [1.82, 2.24) is 10.6 Å². The molecule has 1 aromatic heterocycles. The molecule has 0 saturated carbocycles. The zero-order valence-electron chi connectivity index (χ0n) is 12.4. The van der Waals surface area contributed by atoms with Crippen molar-refractivity contribution in [3.63, 3.8) is 0 Å². The van der Waals surface area contributed by atoms with Gasteiger partial charge in [0.25, 0.3) is 5.91 Å². The van der Waals surface area contributed by atoms with E-state index in [0.717, 1.165) is 12.8 Å². The minimum absolute atomic E-state index is 0.0407. The van der Waals surface area contributed by atoms with Crippen LogP contribution < -0.4 is 10.6 Å². The van der Waals surface area contributed by atoms with E-state index < -0.39 is 0 Å². The first-order valence-electron chi connectivity index (χ1n) is 7.10. The van der Waals surface area contributed by atoms with E-state index in [4.69, 9.17) is 4.42 Å². The molecule has 2 N–H and O–H groups in total. The fraction of sp³-hybridized carbons (Fsp3) is 0.600. The SMILES string of the molecule is CC(C)CCC(C)NC(=O)CCNC(=O)c1ccco1. The van der Waals surface area contributed by atoms with E-state index in [1.54, 1.807) is 12.1 Å². The van der Waals surface area contributed by atoms with E-state index in [1.807, 2.05) is 6.92 Å².